The van der Waals surface area contributed by atoms with Gasteiger partial charge in [-0.25, -0.2) is 4.98 Å². The third-order valence-electron chi connectivity index (χ3n) is 3.72. The molecule has 0 bridgehead atoms. The molecule has 3 rings (SSSR count). The van der Waals surface area contributed by atoms with E-state index < -0.39 is 0 Å². The lowest BCUT2D eigenvalue weighted by Gasteiger charge is -2.07. The van der Waals surface area contributed by atoms with E-state index in [9.17, 15) is 4.79 Å². The number of thiazole rings is 1. The van der Waals surface area contributed by atoms with Crippen LogP contribution in [0.3, 0.4) is 0 Å². The standard InChI is InChI=1S/C17H16N2OS/c1-11-7-13(3)15(8-12(11)2)16-10-21-17(18-16)19-6-4-5-14(19)9-20/h4-10H,1-3H3. The molecule has 2 heterocycles. The first kappa shape index (κ1) is 13.8. The number of aryl methyl sites for hydroxylation is 3. The number of nitrogens with zero attached hydrogens (tertiary/aromatic N) is 2. The summed E-state index contributed by atoms with van der Waals surface area (Å²) >= 11 is 1.54. The van der Waals surface area contributed by atoms with E-state index in [-0.39, 0.29) is 0 Å². The van der Waals surface area contributed by atoms with E-state index in [0.717, 1.165) is 22.7 Å². The predicted molar refractivity (Wildman–Crippen MR) is 86.5 cm³/mol. The van der Waals surface area contributed by atoms with Gasteiger partial charge < -0.3 is 0 Å². The Kier molecular flexibility index (Phi) is 3.47. The molecule has 0 aliphatic rings. The summed E-state index contributed by atoms with van der Waals surface area (Å²) in [7, 11) is 0. The molecule has 4 heteroatoms. The summed E-state index contributed by atoms with van der Waals surface area (Å²) in [5.74, 6) is 0. The minimum absolute atomic E-state index is 0.618. The number of carbonyl (C=O) groups is 1. The Labute approximate surface area is 127 Å². The first-order valence-electron chi connectivity index (χ1n) is 6.77. The van der Waals surface area contributed by atoms with Crippen LogP contribution < -0.4 is 0 Å². The molecule has 3 nitrogen and oxygen atoms in total. The Balaban J connectivity index is 2.07. The number of carbonyl (C=O) groups excluding carboxylic acids is 1. The highest BCUT2D eigenvalue weighted by Crippen LogP contribution is 2.29. The fourth-order valence-corrected chi connectivity index (χ4v) is 3.23. The summed E-state index contributed by atoms with van der Waals surface area (Å²) in [5, 5.41) is 2.86. The molecule has 0 aliphatic carbocycles. The number of hydrogen-bond donors (Lipinski definition) is 0. The zero-order valence-corrected chi connectivity index (χ0v) is 13.1. The van der Waals surface area contributed by atoms with E-state index >= 15 is 0 Å². The van der Waals surface area contributed by atoms with Gasteiger partial charge in [0, 0.05) is 17.1 Å². The van der Waals surface area contributed by atoms with Crippen molar-refractivity contribution in [3.8, 4) is 16.4 Å². The average Bonchev–Trinajstić information content (AvgIpc) is 3.10. The third-order valence-corrected chi connectivity index (χ3v) is 4.56. The van der Waals surface area contributed by atoms with Gasteiger partial charge in [-0.05, 0) is 55.7 Å². The van der Waals surface area contributed by atoms with Crippen LogP contribution in [0.15, 0.2) is 35.8 Å². The van der Waals surface area contributed by atoms with Gasteiger partial charge in [0.25, 0.3) is 0 Å². The van der Waals surface area contributed by atoms with Crippen molar-refractivity contribution in [1.82, 2.24) is 9.55 Å². The second-order valence-electron chi connectivity index (χ2n) is 5.19. The van der Waals surface area contributed by atoms with E-state index in [0.29, 0.717) is 5.69 Å². The smallest absolute Gasteiger partial charge is 0.194 e. The summed E-state index contributed by atoms with van der Waals surface area (Å²) in [6, 6.07) is 8.01. The van der Waals surface area contributed by atoms with E-state index in [1.807, 2.05) is 22.2 Å². The van der Waals surface area contributed by atoms with Crippen molar-refractivity contribution in [2.45, 2.75) is 20.8 Å². The second-order valence-corrected chi connectivity index (χ2v) is 6.02. The van der Waals surface area contributed by atoms with Gasteiger partial charge >= 0.3 is 0 Å². The molecule has 0 unspecified atom stereocenters. The lowest BCUT2D eigenvalue weighted by molar-refractivity contribution is 0.111. The molecule has 0 N–H and O–H groups in total. The van der Waals surface area contributed by atoms with Crippen LogP contribution in [0.2, 0.25) is 0 Å². The molecule has 3 aromatic rings. The first-order chi connectivity index (χ1) is 10.1. The second kappa shape index (κ2) is 5.30. The maximum atomic E-state index is 11.0. The lowest BCUT2D eigenvalue weighted by Crippen LogP contribution is -1.97. The van der Waals surface area contributed by atoms with Gasteiger partial charge in [0.15, 0.2) is 11.4 Å². The molecule has 2 aromatic heterocycles. The Morgan fingerprint density at radius 1 is 1.14 bits per heavy atom. The summed E-state index contributed by atoms with van der Waals surface area (Å²) in [6.07, 6.45) is 2.71. The van der Waals surface area contributed by atoms with Gasteiger partial charge in [-0.3, -0.25) is 9.36 Å². The Morgan fingerprint density at radius 2 is 1.90 bits per heavy atom. The van der Waals surface area contributed by atoms with Gasteiger partial charge in [0.1, 0.15) is 0 Å². The molecule has 0 saturated heterocycles. The van der Waals surface area contributed by atoms with Gasteiger partial charge in [-0.15, -0.1) is 11.3 Å². The maximum absolute atomic E-state index is 11.0. The average molecular weight is 296 g/mol. The van der Waals surface area contributed by atoms with E-state index in [4.69, 9.17) is 0 Å². The highest BCUT2D eigenvalue weighted by Gasteiger charge is 2.11. The minimum Gasteiger partial charge on any atom is -0.296 e. The summed E-state index contributed by atoms with van der Waals surface area (Å²) in [5.41, 5.74) is 6.51. The van der Waals surface area contributed by atoms with Crippen LogP contribution in [0, 0.1) is 20.8 Å². The number of aldehydes is 1. The van der Waals surface area contributed by atoms with Crippen molar-refractivity contribution in [2.75, 3.05) is 0 Å². The Hall–Kier alpha value is -2.20. The number of hydrogen-bond acceptors (Lipinski definition) is 3. The molecule has 0 saturated carbocycles. The number of aromatic nitrogens is 2. The minimum atomic E-state index is 0.618. The zero-order chi connectivity index (χ0) is 15.0. The van der Waals surface area contributed by atoms with Crippen LogP contribution in [0.25, 0.3) is 16.4 Å². The largest absolute Gasteiger partial charge is 0.296 e. The molecule has 0 fully saturated rings. The molecule has 106 valence electrons. The Bertz CT molecular complexity index is 814. The van der Waals surface area contributed by atoms with Crippen LogP contribution in [0.4, 0.5) is 0 Å². The van der Waals surface area contributed by atoms with Crippen molar-refractivity contribution >= 4 is 17.6 Å². The zero-order valence-electron chi connectivity index (χ0n) is 12.3. The fourth-order valence-electron chi connectivity index (χ4n) is 2.40. The highest BCUT2D eigenvalue weighted by molar-refractivity contribution is 7.12. The maximum Gasteiger partial charge on any atom is 0.194 e. The fraction of sp³-hybridized carbons (Fsp3) is 0.176. The molecule has 1 aromatic carbocycles. The topological polar surface area (TPSA) is 34.9 Å². The molecule has 21 heavy (non-hydrogen) atoms. The monoisotopic (exact) mass is 296 g/mol. The highest BCUT2D eigenvalue weighted by atomic mass is 32.1. The van der Waals surface area contributed by atoms with Crippen LogP contribution >= 0.6 is 11.3 Å². The summed E-state index contributed by atoms with van der Waals surface area (Å²) in [6.45, 7) is 6.34. The van der Waals surface area contributed by atoms with E-state index in [1.54, 1.807) is 17.4 Å². The molecule has 0 spiro atoms. The van der Waals surface area contributed by atoms with Gasteiger partial charge in [0.2, 0.25) is 0 Å². The summed E-state index contributed by atoms with van der Waals surface area (Å²) < 4.78 is 1.82. The van der Waals surface area contributed by atoms with Gasteiger partial charge in [-0.2, -0.15) is 0 Å². The lowest BCUT2D eigenvalue weighted by atomic mass is 9.99. The van der Waals surface area contributed by atoms with Gasteiger partial charge in [-0.1, -0.05) is 6.07 Å². The van der Waals surface area contributed by atoms with Crippen LogP contribution in [-0.4, -0.2) is 15.8 Å². The van der Waals surface area contributed by atoms with Crippen molar-refractivity contribution < 1.29 is 4.79 Å². The van der Waals surface area contributed by atoms with E-state index in [1.165, 1.54) is 16.7 Å². The molecule has 0 aliphatic heterocycles. The summed E-state index contributed by atoms with van der Waals surface area (Å²) in [4.78, 5) is 15.7. The van der Waals surface area contributed by atoms with Crippen LogP contribution in [0.5, 0.6) is 0 Å². The predicted octanol–water partition coefficient (Wildman–Crippen LogP) is 4.34. The quantitative estimate of drug-likeness (QED) is 0.674. The Morgan fingerprint density at radius 3 is 2.67 bits per heavy atom. The number of rotatable bonds is 3. The third kappa shape index (κ3) is 2.43. The molecule has 0 atom stereocenters. The van der Waals surface area contributed by atoms with Crippen LogP contribution in [0.1, 0.15) is 27.2 Å². The first-order valence-corrected chi connectivity index (χ1v) is 7.65. The van der Waals surface area contributed by atoms with Crippen molar-refractivity contribution in [3.05, 3.63) is 58.2 Å². The van der Waals surface area contributed by atoms with Gasteiger partial charge in [0.05, 0.1) is 11.4 Å². The van der Waals surface area contributed by atoms with Crippen molar-refractivity contribution in [3.63, 3.8) is 0 Å². The van der Waals surface area contributed by atoms with Crippen molar-refractivity contribution in [2.24, 2.45) is 0 Å². The van der Waals surface area contributed by atoms with Crippen molar-refractivity contribution in [1.29, 1.82) is 0 Å². The SMILES string of the molecule is Cc1cc(C)c(-c2csc(-n3cccc3C=O)n2)cc1C. The molecular formula is C17H16N2OS. The molecule has 0 amide bonds. The normalized spacial score (nSPS) is 10.8. The molecular weight excluding hydrogens is 280 g/mol. The number of benzene rings is 1. The van der Waals surface area contributed by atoms with Crippen LogP contribution in [-0.2, 0) is 0 Å². The molecule has 0 radical (unpaired) electrons. The van der Waals surface area contributed by atoms with E-state index in [2.05, 4.69) is 37.9 Å².